The molecule has 1 saturated heterocycles. The van der Waals surface area contributed by atoms with E-state index in [-0.39, 0.29) is 12.5 Å². The maximum atomic E-state index is 13.0. The number of nitrogens with zero attached hydrogens (tertiary/aromatic N) is 3. The van der Waals surface area contributed by atoms with E-state index in [1.54, 1.807) is 36.1 Å². The molecule has 7 nitrogen and oxygen atoms in total. The summed E-state index contributed by atoms with van der Waals surface area (Å²) in [6, 6.07) is 15.9. The first kappa shape index (κ1) is 18.7. The molecule has 1 fully saturated rings. The summed E-state index contributed by atoms with van der Waals surface area (Å²) in [5, 5.41) is 11.6. The van der Waals surface area contributed by atoms with Crippen molar-refractivity contribution in [2.24, 2.45) is 0 Å². The molecule has 0 aliphatic carbocycles. The van der Waals surface area contributed by atoms with Gasteiger partial charge in [0.15, 0.2) is 0 Å². The van der Waals surface area contributed by atoms with Crippen molar-refractivity contribution >= 4 is 17.8 Å². The third kappa shape index (κ3) is 3.23. The molecule has 0 saturated carbocycles. The molecule has 7 heteroatoms. The van der Waals surface area contributed by atoms with E-state index in [0.29, 0.717) is 24.2 Å². The number of urea groups is 1. The summed E-state index contributed by atoms with van der Waals surface area (Å²) < 4.78 is 0. The van der Waals surface area contributed by atoms with Gasteiger partial charge < -0.3 is 10.2 Å². The lowest BCUT2D eigenvalue weighted by atomic mass is 9.91. The van der Waals surface area contributed by atoms with E-state index in [0.717, 1.165) is 16.9 Å². The molecule has 0 bridgehead atoms. The third-order valence-corrected chi connectivity index (χ3v) is 5.64. The van der Waals surface area contributed by atoms with E-state index < -0.39 is 17.5 Å². The van der Waals surface area contributed by atoms with Crippen LogP contribution in [0, 0.1) is 11.3 Å². The highest BCUT2D eigenvalue weighted by molar-refractivity contribution is 6.09. The summed E-state index contributed by atoms with van der Waals surface area (Å²) in [6.07, 6.45) is 0.755. The fraction of sp³-hybridized carbons (Fsp3) is 0.273. The third-order valence-electron chi connectivity index (χ3n) is 5.64. The lowest BCUT2D eigenvalue weighted by molar-refractivity contribution is -0.139. The standard InChI is InChI=1S/C22H20N4O3/c1-22(18-8-6-15(12-23)7-9-18)20(28)26(21(29)24-22)14-19(27)25-11-10-16-4-2-3-5-17(16)13-25/h2-9H,10-11,13-14H2,1H3,(H,24,29). The van der Waals surface area contributed by atoms with Crippen LogP contribution < -0.4 is 5.32 Å². The van der Waals surface area contributed by atoms with Crippen LogP contribution in [0.15, 0.2) is 48.5 Å². The maximum absolute atomic E-state index is 13.0. The highest BCUT2D eigenvalue weighted by atomic mass is 16.2. The highest BCUT2D eigenvalue weighted by Crippen LogP contribution is 2.29. The molecule has 4 amide bonds. The van der Waals surface area contributed by atoms with Crippen LogP contribution in [-0.2, 0) is 28.1 Å². The number of rotatable bonds is 3. The lowest BCUT2D eigenvalue weighted by Gasteiger charge is -2.30. The molecule has 1 N–H and O–H groups in total. The van der Waals surface area contributed by atoms with Gasteiger partial charge in [-0.3, -0.25) is 14.5 Å². The van der Waals surface area contributed by atoms with Gasteiger partial charge in [0.05, 0.1) is 11.6 Å². The zero-order chi connectivity index (χ0) is 20.6. The molecule has 1 unspecified atom stereocenters. The Morgan fingerprint density at radius 2 is 1.83 bits per heavy atom. The number of nitriles is 1. The molecule has 0 radical (unpaired) electrons. The monoisotopic (exact) mass is 388 g/mol. The van der Waals surface area contributed by atoms with Crippen molar-refractivity contribution in [1.29, 1.82) is 5.26 Å². The average Bonchev–Trinajstić information content (AvgIpc) is 2.97. The first-order chi connectivity index (χ1) is 13.9. The SMILES string of the molecule is CC1(c2ccc(C#N)cc2)NC(=O)N(CC(=O)N2CCc3ccccc3C2)C1=O. The van der Waals surface area contributed by atoms with Gasteiger partial charge in [-0.25, -0.2) is 4.79 Å². The fourth-order valence-electron chi connectivity index (χ4n) is 3.86. The van der Waals surface area contributed by atoms with Crippen molar-refractivity contribution in [3.8, 4) is 6.07 Å². The Labute approximate surface area is 168 Å². The van der Waals surface area contributed by atoms with Crippen molar-refractivity contribution < 1.29 is 14.4 Å². The van der Waals surface area contributed by atoms with Gasteiger partial charge in [-0.2, -0.15) is 5.26 Å². The zero-order valence-electron chi connectivity index (χ0n) is 16.0. The average molecular weight is 388 g/mol. The summed E-state index contributed by atoms with van der Waals surface area (Å²) in [4.78, 5) is 41.0. The fourth-order valence-corrected chi connectivity index (χ4v) is 3.86. The number of benzene rings is 2. The number of fused-ring (bicyclic) bond motifs is 1. The van der Waals surface area contributed by atoms with Crippen LogP contribution in [0.1, 0.15) is 29.2 Å². The summed E-state index contributed by atoms with van der Waals surface area (Å²) in [5.41, 5.74) is 2.08. The van der Waals surface area contributed by atoms with Gasteiger partial charge >= 0.3 is 6.03 Å². The Morgan fingerprint density at radius 3 is 2.52 bits per heavy atom. The van der Waals surface area contributed by atoms with Crippen LogP contribution in [-0.4, -0.2) is 40.7 Å². The first-order valence-corrected chi connectivity index (χ1v) is 9.41. The van der Waals surface area contributed by atoms with Crippen molar-refractivity contribution in [2.75, 3.05) is 13.1 Å². The Kier molecular flexibility index (Phi) is 4.55. The van der Waals surface area contributed by atoms with Crippen molar-refractivity contribution in [2.45, 2.75) is 25.4 Å². The minimum Gasteiger partial charge on any atom is -0.336 e. The van der Waals surface area contributed by atoms with Gasteiger partial charge in [0.2, 0.25) is 5.91 Å². The van der Waals surface area contributed by atoms with Gasteiger partial charge in [-0.05, 0) is 42.2 Å². The molecule has 2 aromatic rings. The molecule has 1 atom stereocenters. The second kappa shape index (κ2) is 7.06. The molecule has 0 aromatic heterocycles. The molecule has 146 valence electrons. The van der Waals surface area contributed by atoms with Crippen LogP contribution in [0.4, 0.5) is 4.79 Å². The topological polar surface area (TPSA) is 93.5 Å². The van der Waals surface area contributed by atoms with Gasteiger partial charge in [0.25, 0.3) is 5.91 Å². The molecular formula is C22H20N4O3. The van der Waals surface area contributed by atoms with E-state index in [9.17, 15) is 14.4 Å². The summed E-state index contributed by atoms with van der Waals surface area (Å²) in [6.45, 7) is 2.35. The van der Waals surface area contributed by atoms with E-state index in [1.165, 1.54) is 5.56 Å². The van der Waals surface area contributed by atoms with E-state index in [2.05, 4.69) is 11.4 Å². The van der Waals surface area contributed by atoms with Crippen molar-refractivity contribution in [3.63, 3.8) is 0 Å². The number of carbonyl (C=O) groups is 3. The van der Waals surface area contributed by atoms with Crippen LogP contribution in [0.5, 0.6) is 0 Å². The second-order valence-electron chi connectivity index (χ2n) is 7.47. The van der Waals surface area contributed by atoms with E-state index in [1.807, 2.05) is 24.3 Å². The molecule has 2 heterocycles. The van der Waals surface area contributed by atoms with Gasteiger partial charge in [0, 0.05) is 13.1 Å². The predicted octanol–water partition coefficient (Wildman–Crippen LogP) is 1.91. The number of hydrogen-bond acceptors (Lipinski definition) is 4. The highest BCUT2D eigenvalue weighted by Gasteiger charge is 2.49. The maximum Gasteiger partial charge on any atom is 0.325 e. The van der Waals surface area contributed by atoms with E-state index >= 15 is 0 Å². The number of hydrogen-bond donors (Lipinski definition) is 1. The largest absolute Gasteiger partial charge is 0.336 e. The van der Waals surface area contributed by atoms with Crippen LogP contribution in [0.2, 0.25) is 0 Å². The Hall–Kier alpha value is -3.66. The molecular weight excluding hydrogens is 368 g/mol. The van der Waals surface area contributed by atoms with Gasteiger partial charge in [-0.1, -0.05) is 36.4 Å². The Morgan fingerprint density at radius 1 is 1.14 bits per heavy atom. The number of amides is 4. The van der Waals surface area contributed by atoms with Gasteiger partial charge in [-0.15, -0.1) is 0 Å². The van der Waals surface area contributed by atoms with Gasteiger partial charge in [0.1, 0.15) is 12.1 Å². The number of imide groups is 1. The molecule has 2 aliphatic rings. The van der Waals surface area contributed by atoms with Crippen LogP contribution >= 0.6 is 0 Å². The predicted molar refractivity (Wildman–Crippen MR) is 104 cm³/mol. The molecule has 0 spiro atoms. The number of nitrogens with one attached hydrogen (secondary N) is 1. The van der Waals surface area contributed by atoms with Crippen LogP contribution in [0.3, 0.4) is 0 Å². The first-order valence-electron chi connectivity index (χ1n) is 9.41. The number of carbonyl (C=O) groups excluding carboxylic acids is 3. The van der Waals surface area contributed by atoms with Crippen molar-refractivity contribution in [1.82, 2.24) is 15.1 Å². The Bertz CT molecular complexity index is 1040. The van der Waals surface area contributed by atoms with E-state index in [4.69, 9.17) is 5.26 Å². The minimum atomic E-state index is -1.26. The summed E-state index contributed by atoms with van der Waals surface area (Å²) in [5.74, 6) is -0.731. The molecule has 29 heavy (non-hydrogen) atoms. The quantitative estimate of drug-likeness (QED) is 0.813. The smallest absolute Gasteiger partial charge is 0.325 e. The summed E-state index contributed by atoms with van der Waals surface area (Å²) in [7, 11) is 0. The molecule has 4 rings (SSSR count). The second-order valence-corrected chi connectivity index (χ2v) is 7.47. The minimum absolute atomic E-state index is 0.257. The summed E-state index contributed by atoms with van der Waals surface area (Å²) >= 11 is 0. The molecule has 2 aromatic carbocycles. The normalized spacial score (nSPS) is 20.8. The zero-order valence-corrected chi connectivity index (χ0v) is 16.0. The van der Waals surface area contributed by atoms with Crippen LogP contribution in [0.25, 0.3) is 0 Å². The lowest BCUT2D eigenvalue weighted by Crippen LogP contribution is -2.45. The Balaban J connectivity index is 1.49. The van der Waals surface area contributed by atoms with Crippen molar-refractivity contribution in [3.05, 3.63) is 70.8 Å². The molecule has 2 aliphatic heterocycles.